The predicted molar refractivity (Wildman–Crippen MR) is 100 cm³/mol. The minimum absolute atomic E-state index is 0.204. The highest BCUT2D eigenvalue weighted by molar-refractivity contribution is 5.86. The molecule has 7 heteroatoms. The van der Waals surface area contributed by atoms with Crippen LogP contribution >= 0.6 is 0 Å². The average Bonchev–Trinajstić information content (AvgIpc) is 2.69. The highest BCUT2D eigenvalue weighted by Crippen LogP contribution is 2.21. The van der Waals surface area contributed by atoms with E-state index in [1.807, 2.05) is 36.4 Å². The summed E-state index contributed by atoms with van der Waals surface area (Å²) in [5.74, 6) is 0.0197. The van der Waals surface area contributed by atoms with E-state index >= 15 is 0 Å². The first-order valence-corrected chi connectivity index (χ1v) is 8.58. The van der Waals surface area contributed by atoms with Gasteiger partial charge in [0.15, 0.2) is 0 Å². The fourth-order valence-corrected chi connectivity index (χ4v) is 2.55. The lowest BCUT2D eigenvalue weighted by Gasteiger charge is -2.12. The zero-order valence-corrected chi connectivity index (χ0v) is 15.0. The first kappa shape index (κ1) is 18.6. The number of ether oxygens (including phenoxy) is 3. The number of nitrogens with zero attached hydrogens (tertiary/aromatic N) is 2. The number of carbonyl (C=O) groups is 1. The van der Waals surface area contributed by atoms with E-state index in [0.29, 0.717) is 35.6 Å². The van der Waals surface area contributed by atoms with Gasteiger partial charge in [-0.2, -0.15) is 4.68 Å². The Hall–Kier alpha value is -3.19. The van der Waals surface area contributed by atoms with Gasteiger partial charge in [-0.05, 0) is 24.3 Å². The largest absolute Gasteiger partial charge is 0.474 e. The number of fused-ring (bicyclic) bond motifs is 1. The van der Waals surface area contributed by atoms with Gasteiger partial charge in [0.05, 0.1) is 29.7 Å². The van der Waals surface area contributed by atoms with E-state index in [2.05, 4.69) is 5.10 Å². The van der Waals surface area contributed by atoms with E-state index < -0.39 is 0 Å². The summed E-state index contributed by atoms with van der Waals surface area (Å²) < 4.78 is 17.2. The average molecular weight is 368 g/mol. The van der Waals surface area contributed by atoms with E-state index in [1.165, 1.54) is 11.6 Å². The summed E-state index contributed by atoms with van der Waals surface area (Å²) in [5.41, 5.74) is 0.456. The van der Waals surface area contributed by atoms with Crippen molar-refractivity contribution in [1.29, 1.82) is 0 Å². The van der Waals surface area contributed by atoms with Gasteiger partial charge in [0.1, 0.15) is 13.2 Å². The number of aromatic nitrogens is 2. The normalized spacial score (nSPS) is 10.7. The van der Waals surface area contributed by atoms with Gasteiger partial charge in [-0.25, -0.2) is 0 Å². The zero-order chi connectivity index (χ0) is 19.1. The fourth-order valence-electron chi connectivity index (χ4n) is 2.55. The first-order valence-electron chi connectivity index (χ1n) is 8.58. The summed E-state index contributed by atoms with van der Waals surface area (Å²) in [6.07, 6.45) is 0. The van der Waals surface area contributed by atoms with Gasteiger partial charge in [0.2, 0.25) is 5.88 Å². The van der Waals surface area contributed by atoms with Gasteiger partial charge < -0.3 is 14.2 Å². The molecule has 0 N–H and O–H groups in total. The number of para-hydroxylation sites is 1. The molecule has 0 fully saturated rings. The van der Waals surface area contributed by atoms with Crippen molar-refractivity contribution in [2.75, 3.05) is 26.4 Å². The third-order valence-corrected chi connectivity index (χ3v) is 3.77. The lowest BCUT2D eigenvalue weighted by molar-refractivity contribution is -0.142. The van der Waals surface area contributed by atoms with Gasteiger partial charge >= 0.3 is 5.97 Å². The molecule has 1 aromatic heterocycles. The third kappa shape index (κ3) is 4.71. The molecule has 0 unspecified atom stereocenters. The van der Waals surface area contributed by atoms with Crippen LogP contribution in [0.15, 0.2) is 59.4 Å². The van der Waals surface area contributed by atoms with E-state index in [0.717, 1.165) is 0 Å². The molecule has 0 aliphatic carbocycles. The Bertz CT molecular complexity index is 969. The first-order chi connectivity index (χ1) is 13.2. The van der Waals surface area contributed by atoms with Gasteiger partial charge in [-0.3, -0.25) is 9.59 Å². The van der Waals surface area contributed by atoms with Crippen LogP contribution < -0.4 is 10.3 Å². The van der Waals surface area contributed by atoms with Gasteiger partial charge in [0, 0.05) is 6.92 Å². The lowest BCUT2D eigenvalue weighted by atomic mass is 10.2. The molecule has 27 heavy (non-hydrogen) atoms. The molecular formula is C20H20N2O5. The van der Waals surface area contributed by atoms with Crippen LogP contribution in [-0.4, -0.2) is 42.2 Å². The quantitative estimate of drug-likeness (QED) is 0.449. The van der Waals surface area contributed by atoms with Crippen LogP contribution in [0.2, 0.25) is 0 Å². The summed E-state index contributed by atoms with van der Waals surface area (Å²) in [6, 6.07) is 16.4. The van der Waals surface area contributed by atoms with Crippen molar-refractivity contribution >= 4 is 16.7 Å². The molecule has 0 radical (unpaired) electrons. The Balaban J connectivity index is 1.75. The molecule has 0 aliphatic heterocycles. The monoisotopic (exact) mass is 368 g/mol. The predicted octanol–water partition coefficient (Wildman–Crippen LogP) is 2.34. The summed E-state index contributed by atoms with van der Waals surface area (Å²) in [7, 11) is 0. The molecular weight excluding hydrogens is 348 g/mol. The van der Waals surface area contributed by atoms with Crippen molar-refractivity contribution in [3.63, 3.8) is 0 Å². The Morgan fingerprint density at radius 2 is 1.59 bits per heavy atom. The number of esters is 1. The highest BCUT2D eigenvalue weighted by Gasteiger charge is 2.12. The summed E-state index contributed by atoms with van der Waals surface area (Å²) in [4.78, 5) is 23.4. The van der Waals surface area contributed by atoms with Gasteiger partial charge in [-0.15, -0.1) is 5.10 Å². The smallest absolute Gasteiger partial charge is 0.302 e. The number of hydrogen-bond donors (Lipinski definition) is 0. The molecule has 1 heterocycles. The molecule has 0 amide bonds. The second-order valence-corrected chi connectivity index (χ2v) is 5.70. The summed E-state index contributed by atoms with van der Waals surface area (Å²) >= 11 is 0. The Kier molecular flexibility index (Phi) is 6.17. The molecule has 0 bridgehead atoms. The minimum atomic E-state index is -0.339. The Morgan fingerprint density at radius 3 is 2.33 bits per heavy atom. The molecule has 0 saturated carbocycles. The maximum Gasteiger partial charge on any atom is 0.302 e. The van der Waals surface area contributed by atoms with Crippen LogP contribution in [0.3, 0.4) is 0 Å². The maximum absolute atomic E-state index is 12.8. The number of rotatable bonds is 8. The van der Waals surface area contributed by atoms with E-state index in [9.17, 15) is 9.59 Å². The number of hydrogen-bond acceptors (Lipinski definition) is 6. The number of benzene rings is 2. The standard InChI is InChI=1S/C20H20N2O5/c1-15(23)26-13-11-25-12-14-27-19-17-9-5-6-10-18(17)20(24)22(21-19)16-7-3-2-4-8-16/h2-10H,11-14H2,1H3. The van der Waals surface area contributed by atoms with Crippen LogP contribution in [0.1, 0.15) is 6.92 Å². The van der Waals surface area contributed by atoms with Crippen LogP contribution in [0.25, 0.3) is 16.5 Å². The molecule has 2 aromatic carbocycles. The Morgan fingerprint density at radius 1 is 0.926 bits per heavy atom. The molecule has 140 valence electrons. The Labute approximate surface area is 156 Å². The second-order valence-electron chi connectivity index (χ2n) is 5.70. The van der Waals surface area contributed by atoms with Gasteiger partial charge in [0.25, 0.3) is 5.56 Å². The minimum Gasteiger partial charge on any atom is -0.474 e. The van der Waals surface area contributed by atoms with Crippen LogP contribution in [-0.2, 0) is 14.3 Å². The van der Waals surface area contributed by atoms with Crippen molar-refractivity contribution in [3.8, 4) is 11.6 Å². The van der Waals surface area contributed by atoms with E-state index in [4.69, 9.17) is 14.2 Å². The van der Waals surface area contributed by atoms with Crippen molar-refractivity contribution in [3.05, 3.63) is 65.0 Å². The summed E-state index contributed by atoms with van der Waals surface area (Å²) in [5, 5.41) is 5.56. The molecule has 0 saturated heterocycles. The van der Waals surface area contributed by atoms with Crippen LogP contribution in [0.4, 0.5) is 0 Å². The number of carbonyl (C=O) groups excluding carboxylic acids is 1. The van der Waals surface area contributed by atoms with Crippen LogP contribution in [0.5, 0.6) is 5.88 Å². The SMILES string of the molecule is CC(=O)OCCOCCOc1nn(-c2ccccc2)c(=O)c2ccccc12. The fraction of sp³-hybridized carbons (Fsp3) is 0.250. The lowest BCUT2D eigenvalue weighted by Crippen LogP contribution is -2.23. The molecule has 0 spiro atoms. The zero-order valence-electron chi connectivity index (χ0n) is 15.0. The molecule has 0 atom stereocenters. The van der Waals surface area contributed by atoms with E-state index in [-0.39, 0.29) is 24.7 Å². The molecule has 3 aromatic rings. The van der Waals surface area contributed by atoms with Crippen molar-refractivity contribution < 1.29 is 19.0 Å². The third-order valence-electron chi connectivity index (χ3n) is 3.77. The van der Waals surface area contributed by atoms with E-state index in [1.54, 1.807) is 18.2 Å². The topological polar surface area (TPSA) is 79.7 Å². The van der Waals surface area contributed by atoms with Gasteiger partial charge in [-0.1, -0.05) is 30.3 Å². The van der Waals surface area contributed by atoms with Crippen LogP contribution in [0, 0.1) is 0 Å². The molecule has 3 rings (SSSR count). The van der Waals surface area contributed by atoms with Crippen molar-refractivity contribution in [2.24, 2.45) is 0 Å². The van der Waals surface area contributed by atoms with Crippen molar-refractivity contribution in [2.45, 2.75) is 6.92 Å². The maximum atomic E-state index is 12.8. The van der Waals surface area contributed by atoms with Crippen molar-refractivity contribution in [1.82, 2.24) is 9.78 Å². The summed E-state index contributed by atoms with van der Waals surface area (Å²) in [6.45, 7) is 2.41. The highest BCUT2D eigenvalue weighted by atomic mass is 16.6. The second kappa shape index (κ2) is 8.95. The molecule has 0 aliphatic rings. The molecule has 7 nitrogen and oxygen atoms in total.